The van der Waals surface area contributed by atoms with Gasteiger partial charge in [-0.1, -0.05) is 0 Å². The van der Waals surface area contributed by atoms with Crippen molar-refractivity contribution in [2.45, 2.75) is 12.5 Å². The number of rotatable bonds is 3. The first kappa shape index (κ1) is 15.2. The van der Waals surface area contributed by atoms with Crippen molar-refractivity contribution >= 4 is 35.6 Å². The molecule has 3 nitrogen and oxygen atoms in total. The third-order valence-electron chi connectivity index (χ3n) is 4.14. The van der Waals surface area contributed by atoms with E-state index in [1.54, 1.807) is 14.2 Å². The number of hydrogen-bond acceptors (Lipinski definition) is 3. The molecule has 5 heteroatoms. The van der Waals surface area contributed by atoms with Crippen LogP contribution in [0.4, 0.5) is 0 Å². The van der Waals surface area contributed by atoms with Crippen LogP contribution in [-0.4, -0.2) is 38.1 Å². The lowest BCUT2D eigenvalue weighted by Crippen LogP contribution is -2.53. The molecule has 0 N–H and O–H groups in total. The highest BCUT2D eigenvalue weighted by atomic mass is 127. The number of alkyl halides is 1. The molecule has 1 aromatic carbocycles. The zero-order valence-electron chi connectivity index (χ0n) is 11.2. The van der Waals surface area contributed by atoms with Crippen LogP contribution in [0.2, 0.25) is 0 Å². The van der Waals surface area contributed by atoms with Crippen molar-refractivity contribution in [3.05, 3.63) is 23.3 Å². The Labute approximate surface area is 136 Å². The number of methoxy groups -OCH3 is 2. The second-order valence-electron chi connectivity index (χ2n) is 5.01. The summed E-state index contributed by atoms with van der Waals surface area (Å²) in [6.45, 7) is 2.25. The summed E-state index contributed by atoms with van der Waals surface area (Å²) in [5.74, 6) is 2.95. The van der Waals surface area contributed by atoms with E-state index in [-0.39, 0.29) is 24.0 Å². The van der Waals surface area contributed by atoms with E-state index in [0.717, 1.165) is 36.9 Å². The fourth-order valence-corrected chi connectivity index (χ4v) is 3.45. The Kier molecular flexibility index (Phi) is 4.84. The Morgan fingerprint density at radius 3 is 2.58 bits per heavy atom. The van der Waals surface area contributed by atoms with E-state index in [0.29, 0.717) is 12.0 Å². The van der Waals surface area contributed by atoms with Gasteiger partial charge in [0, 0.05) is 30.9 Å². The first-order chi connectivity index (χ1) is 8.78. The van der Waals surface area contributed by atoms with Gasteiger partial charge in [0.15, 0.2) is 11.5 Å². The SMILES string of the molecule is COc1cc2c(cc1OC)C1C(CCl)CN1CC2.I. The van der Waals surface area contributed by atoms with Crippen molar-refractivity contribution in [3.8, 4) is 11.5 Å². The van der Waals surface area contributed by atoms with Crippen LogP contribution in [0.25, 0.3) is 0 Å². The highest BCUT2D eigenvalue weighted by molar-refractivity contribution is 14.0. The van der Waals surface area contributed by atoms with Crippen LogP contribution < -0.4 is 9.47 Å². The summed E-state index contributed by atoms with van der Waals surface area (Å²) >= 11 is 6.04. The van der Waals surface area contributed by atoms with Crippen LogP contribution in [0.1, 0.15) is 17.2 Å². The summed E-state index contributed by atoms with van der Waals surface area (Å²) in [7, 11) is 3.37. The first-order valence-electron chi connectivity index (χ1n) is 6.33. The van der Waals surface area contributed by atoms with Crippen LogP contribution in [0, 0.1) is 5.92 Å². The Bertz CT molecular complexity index is 469. The monoisotopic (exact) mass is 395 g/mol. The van der Waals surface area contributed by atoms with Gasteiger partial charge in [-0.25, -0.2) is 0 Å². The summed E-state index contributed by atoms with van der Waals surface area (Å²) in [5.41, 5.74) is 2.75. The third-order valence-corrected chi connectivity index (χ3v) is 4.54. The van der Waals surface area contributed by atoms with Crippen molar-refractivity contribution in [1.82, 2.24) is 4.90 Å². The Morgan fingerprint density at radius 1 is 1.26 bits per heavy atom. The van der Waals surface area contributed by atoms with Gasteiger partial charge in [0.2, 0.25) is 0 Å². The van der Waals surface area contributed by atoms with E-state index in [1.807, 2.05) is 0 Å². The molecule has 0 amide bonds. The van der Waals surface area contributed by atoms with Crippen LogP contribution in [-0.2, 0) is 6.42 Å². The number of ether oxygens (including phenoxy) is 2. The molecule has 2 unspecified atom stereocenters. The molecule has 3 rings (SSSR count). The fraction of sp³-hybridized carbons (Fsp3) is 0.571. The molecule has 0 aromatic heterocycles. The molecular formula is C14H19ClINO2. The van der Waals surface area contributed by atoms with Crippen molar-refractivity contribution < 1.29 is 9.47 Å². The van der Waals surface area contributed by atoms with Crippen LogP contribution >= 0.6 is 35.6 Å². The smallest absolute Gasteiger partial charge is 0.161 e. The summed E-state index contributed by atoms with van der Waals surface area (Å²) < 4.78 is 10.8. The molecule has 2 atom stereocenters. The summed E-state index contributed by atoms with van der Waals surface area (Å²) in [6, 6.07) is 4.73. The van der Waals surface area contributed by atoms with Crippen LogP contribution in [0.3, 0.4) is 0 Å². The van der Waals surface area contributed by atoms with Crippen LogP contribution in [0.15, 0.2) is 12.1 Å². The molecule has 1 fully saturated rings. The molecule has 2 aliphatic heterocycles. The van der Waals surface area contributed by atoms with E-state index >= 15 is 0 Å². The standard InChI is InChI=1S/C14H18ClNO2.HI/c1-17-12-5-9-3-4-16-8-10(7-15)14(16)11(9)6-13(12)18-2;/h5-6,10,14H,3-4,7-8H2,1-2H3;1H. The quantitative estimate of drug-likeness (QED) is 0.580. The molecule has 0 spiro atoms. The number of fused-ring (bicyclic) bond motifs is 3. The zero-order valence-corrected chi connectivity index (χ0v) is 14.3. The van der Waals surface area contributed by atoms with Gasteiger partial charge >= 0.3 is 0 Å². The molecule has 0 saturated carbocycles. The van der Waals surface area contributed by atoms with Gasteiger partial charge in [-0.15, -0.1) is 35.6 Å². The average molecular weight is 396 g/mol. The predicted octanol–water partition coefficient (Wildman–Crippen LogP) is 3.09. The molecule has 2 heterocycles. The van der Waals surface area contributed by atoms with Crippen LogP contribution in [0.5, 0.6) is 11.5 Å². The summed E-state index contributed by atoms with van der Waals surface area (Å²) in [4.78, 5) is 2.50. The first-order valence-corrected chi connectivity index (χ1v) is 6.86. The molecule has 1 saturated heterocycles. The lowest BCUT2D eigenvalue weighted by molar-refractivity contribution is 0.0178. The minimum absolute atomic E-state index is 0. The molecular weight excluding hydrogens is 377 g/mol. The van der Waals surface area contributed by atoms with Gasteiger partial charge in [0.05, 0.1) is 14.2 Å². The maximum absolute atomic E-state index is 6.04. The lowest BCUT2D eigenvalue weighted by Gasteiger charge is -2.51. The van der Waals surface area contributed by atoms with Gasteiger partial charge < -0.3 is 9.47 Å². The van der Waals surface area contributed by atoms with E-state index in [4.69, 9.17) is 21.1 Å². The van der Waals surface area contributed by atoms with Gasteiger partial charge in [-0.3, -0.25) is 4.90 Å². The minimum Gasteiger partial charge on any atom is -0.493 e. The Hall–Kier alpha value is -0.200. The Balaban J connectivity index is 0.00000133. The molecule has 19 heavy (non-hydrogen) atoms. The Morgan fingerprint density at radius 2 is 1.95 bits per heavy atom. The minimum atomic E-state index is 0. The van der Waals surface area contributed by atoms with E-state index in [9.17, 15) is 0 Å². The predicted molar refractivity (Wildman–Crippen MR) is 87.2 cm³/mol. The van der Waals surface area contributed by atoms with Crippen molar-refractivity contribution in [1.29, 1.82) is 0 Å². The maximum atomic E-state index is 6.04. The van der Waals surface area contributed by atoms with Gasteiger partial charge in [-0.05, 0) is 29.7 Å². The number of halogens is 2. The zero-order chi connectivity index (χ0) is 12.7. The fourth-order valence-electron chi connectivity index (χ4n) is 3.18. The number of hydrogen-bond donors (Lipinski definition) is 0. The summed E-state index contributed by atoms with van der Waals surface area (Å²) in [5, 5.41) is 0. The molecule has 2 aliphatic rings. The normalized spacial score (nSPS) is 24.6. The van der Waals surface area contributed by atoms with E-state index < -0.39 is 0 Å². The van der Waals surface area contributed by atoms with Gasteiger partial charge in [-0.2, -0.15) is 0 Å². The van der Waals surface area contributed by atoms with Crippen molar-refractivity contribution in [3.63, 3.8) is 0 Å². The third kappa shape index (κ3) is 2.43. The largest absolute Gasteiger partial charge is 0.493 e. The van der Waals surface area contributed by atoms with E-state index in [2.05, 4.69) is 17.0 Å². The number of nitrogens with zero attached hydrogens (tertiary/aromatic N) is 1. The molecule has 0 radical (unpaired) electrons. The highest BCUT2D eigenvalue weighted by Crippen LogP contribution is 2.46. The van der Waals surface area contributed by atoms with Crippen molar-refractivity contribution in [2.75, 3.05) is 33.2 Å². The van der Waals surface area contributed by atoms with Gasteiger partial charge in [0.1, 0.15) is 0 Å². The number of benzene rings is 1. The summed E-state index contributed by atoms with van der Waals surface area (Å²) in [6.07, 6.45) is 1.08. The molecule has 1 aromatic rings. The average Bonchev–Trinajstić information content (AvgIpc) is 2.37. The van der Waals surface area contributed by atoms with E-state index in [1.165, 1.54) is 11.1 Å². The highest BCUT2D eigenvalue weighted by Gasteiger charge is 2.42. The molecule has 0 aliphatic carbocycles. The van der Waals surface area contributed by atoms with Crippen molar-refractivity contribution in [2.24, 2.45) is 5.92 Å². The lowest BCUT2D eigenvalue weighted by atomic mass is 9.78. The second kappa shape index (κ2) is 6.06. The molecule has 0 bridgehead atoms. The maximum Gasteiger partial charge on any atom is 0.161 e. The second-order valence-corrected chi connectivity index (χ2v) is 5.32. The van der Waals surface area contributed by atoms with Gasteiger partial charge in [0.25, 0.3) is 0 Å². The topological polar surface area (TPSA) is 21.7 Å². The molecule has 106 valence electrons.